The van der Waals surface area contributed by atoms with Crippen LogP contribution in [0, 0.1) is 5.41 Å². The first kappa shape index (κ1) is 18.1. The zero-order valence-corrected chi connectivity index (χ0v) is 15.0. The smallest absolute Gasteiger partial charge is 0.262 e. The molecule has 0 fully saturated rings. The Morgan fingerprint density at radius 1 is 1.27 bits per heavy atom. The summed E-state index contributed by atoms with van der Waals surface area (Å²) in [6, 6.07) is 15.7. The highest BCUT2D eigenvalue weighted by atomic mass is 16.5. The summed E-state index contributed by atoms with van der Waals surface area (Å²) >= 11 is 0. The fourth-order valence-electron chi connectivity index (χ4n) is 3.07. The van der Waals surface area contributed by atoms with Gasteiger partial charge in [-0.05, 0) is 42.3 Å². The molecule has 3 rings (SSSR count). The van der Waals surface area contributed by atoms with Gasteiger partial charge < -0.3 is 20.8 Å². The highest BCUT2D eigenvalue weighted by Gasteiger charge is 2.21. The van der Waals surface area contributed by atoms with Crippen molar-refractivity contribution in [1.29, 1.82) is 5.41 Å². The minimum atomic E-state index is -0.165. The third kappa shape index (κ3) is 4.29. The van der Waals surface area contributed by atoms with Gasteiger partial charge in [0.15, 0.2) is 6.61 Å². The summed E-state index contributed by atoms with van der Waals surface area (Å²) in [7, 11) is 0. The average molecular weight is 351 g/mol. The molecule has 0 saturated carbocycles. The van der Waals surface area contributed by atoms with Crippen molar-refractivity contribution in [3.05, 3.63) is 59.7 Å². The Morgan fingerprint density at radius 2 is 2.08 bits per heavy atom. The van der Waals surface area contributed by atoms with Crippen molar-refractivity contribution in [3.63, 3.8) is 0 Å². The molecule has 1 amide bonds. The topological polar surface area (TPSA) is 74.2 Å². The largest absolute Gasteiger partial charge is 0.482 e. The Morgan fingerprint density at radius 3 is 2.85 bits per heavy atom. The molecule has 0 saturated heterocycles. The number of hydrogen-bond donors (Lipinski definition) is 3. The Labute approximate surface area is 154 Å². The third-order valence-corrected chi connectivity index (χ3v) is 4.53. The van der Waals surface area contributed by atoms with Crippen LogP contribution < -0.4 is 15.4 Å². The van der Waals surface area contributed by atoms with Crippen molar-refractivity contribution in [2.75, 3.05) is 25.0 Å². The molecule has 0 aliphatic carbocycles. The number of hydrogen-bond acceptors (Lipinski definition) is 4. The number of fused-ring (bicyclic) bond motifs is 1. The van der Waals surface area contributed by atoms with Crippen LogP contribution in [0.25, 0.3) is 0 Å². The number of nitrogens with one attached hydrogen (secondary N) is 3. The quantitative estimate of drug-likeness (QED) is 0.503. The summed E-state index contributed by atoms with van der Waals surface area (Å²) in [5, 5.41) is 15.1. The molecule has 0 spiro atoms. The van der Waals surface area contributed by atoms with Crippen LogP contribution >= 0.6 is 0 Å². The van der Waals surface area contributed by atoms with E-state index in [1.807, 2.05) is 36.4 Å². The van der Waals surface area contributed by atoms with Crippen molar-refractivity contribution in [2.45, 2.75) is 25.7 Å². The minimum Gasteiger partial charge on any atom is -0.482 e. The Kier molecular flexibility index (Phi) is 6.02. The summed E-state index contributed by atoms with van der Waals surface area (Å²) < 4.78 is 5.41. The van der Waals surface area contributed by atoms with Gasteiger partial charge in [0.05, 0.1) is 5.69 Å². The van der Waals surface area contributed by atoms with Gasteiger partial charge in [-0.1, -0.05) is 43.7 Å². The minimum absolute atomic E-state index is 0.0395. The zero-order valence-electron chi connectivity index (χ0n) is 15.0. The maximum Gasteiger partial charge on any atom is 0.262 e. The maximum atomic E-state index is 11.6. The number of amides is 1. The molecule has 5 nitrogen and oxygen atoms in total. The number of carbonyl (C=O) groups excluding carboxylic acids is 1. The molecule has 1 aliphatic heterocycles. The lowest BCUT2D eigenvalue weighted by Gasteiger charge is -2.22. The molecule has 1 heterocycles. The van der Waals surface area contributed by atoms with Crippen LogP contribution in [0.1, 0.15) is 36.8 Å². The second kappa shape index (κ2) is 8.63. The van der Waals surface area contributed by atoms with E-state index in [2.05, 4.69) is 29.7 Å². The van der Waals surface area contributed by atoms with E-state index in [1.54, 1.807) is 0 Å². The van der Waals surface area contributed by atoms with Crippen molar-refractivity contribution < 1.29 is 9.53 Å². The number of carbonyl (C=O) groups is 1. The second-order valence-electron chi connectivity index (χ2n) is 6.48. The second-order valence-corrected chi connectivity index (χ2v) is 6.48. The SMILES string of the molecule is CCCCNCC(C(=N)c1ccc2c(c1)NC(=O)CO2)c1ccccc1. The first-order valence-corrected chi connectivity index (χ1v) is 9.10. The van der Waals surface area contributed by atoms with Crippen LogP contribution in [0.2, 0.25) is 0 Å². The molecule has 136 valence electrons. The van der Waals surface area contributed by atoms with E-state index in [-0.39, 0.29) is 18.4 Å². The number of ether oxygens (including phenoxy) is 1. The lowest BCUT2D eigenvalue weighted by atomic mass is 9.89. The van der Waals surface area contributed by atoms with E-state index in [9.17, 15) is 4.79 Å². The molecule has 1 unspecified atom stereocenters. The number of anilines is 1. The zero-order chi connectivity index (χ0) is 18.4. The van der Waals surface area contributed by atoms with Crippen LogP contribution in [0.4, 0.5) is 5.69 Å². The predicted molar refractivity (Wildman–Crippen MR) is 104 cm³/mol. The lowest BCUT2D eigenvalue weighted by Crippen LogP contribution is -2.28. The maximum absolute atomic E-state index is 11.6. The molecule has 3 N–H and O–H groups in total. The average Bonchev–Trinajstić information content (AvgIpc) is 2.67. The molecule has 0 aromatic heterocycles. The third-order valence-electron chi connectivity index (χ3n) is 4.53. The van der Waals surface area contributed by atoms with Gasteiger partial charge in [0.1, 0.15) is 5.75 Å². The van der Waals surface area contributed by atoms with Gasteiger partial charge in [-0.25, -0.2) is 0 Å². The van der Waals surface area contributed by atoms with Crippen LogP contribution in [0.5, 0.6) is 5.75 Å². The number of unbranched alkanes of at least 4 members (excludes halogenated alkanes) is 1. The normalized spacial score (nSPS) is 14.1. The molecule has 2 aromatic rings. The Hall–Kier alpha value is -2.66. The van der Waals surface area contributed by atoms with E-state index >= 15 is 0 Å². The highest BCUT2D eigenvalue weighted by Crippen LogP contribution is 2.30. The molecular weight excluding hydrogens is 326 g/mol. The molecule has 5 heteroatoms. The van der Waals surface area contributed by atoms with Crippen LogP contribution in [-0.2, 0) is 4.79 Å². The van der Waals surface area contributed by atoms with E-state index in [0.717, 1.165) is 30.5 Å². The van der Waals surface area contributed by atoms with E-state index in [1.165, 1.54) is 0 Å². The fourth-order valence-corrected chi connectivity index (χ4v) is 3.07. The summed E-state index contributed by atoms with van der Waals surface area (Å²) in [6.45, 7) is 3.86. The van der Waals surface area contributed by atoms with Gasteiger partial charge in [-0.3, -0.25) is 4.79 Å². The van der Waals surface area contributed by atoms with Gasteiger partial charge in [0, 0.05) is 18.2 Å². The van der Waals surface area contributed by atoms with Gasteiger partial charge in [-0.15, -0.1) is 0 Å². The molecular formula is C21H25N3O2. The van der Waals surface area contributed by atoms with Gasteiger partial charge in [-0.2, -0.15) is 0 Å². The van der Waals surface area contributed by atoms with E-state index in [4.69, 9.17) is 10.1 Å². The Bertz CT molecular complexity index is 774. The summed E-state index contributed by atoms with van der Waals surface area (Å²) in [5.41, 5.74) is 3.07. The predicted octanol–water partition coefficient (Wildman–Crippen LogP) is 3.56. The molecule has 26 heavy (non-hydrogen) atoms. The molecule has 1 atom stereocenters. The first-order chi connectivity index (χ1) is 12.7. The number of rotatable bonds is 8. The lowest BCUT2D eigenvalue weighted by molar-refractivity contribution is -0.118. The standard InChI is InChI=1S/C21H25N3O2/c1-2-3-11-23-13-17(15-7-5-4-6-8-15)21(22)16-9-10-19-18(12-16)24-20(25)14-26-19/h4-10,12,17,22-23H,2-3,11,13-14H2,1H3,(H,24,25). The highest BCUT2D eigenvalue weighted by molar-refractivity contribution is 6.05. The summed E-state index contributed by atoms with van der Waals surface area (Å²) in [4.78, 5) is 11.6. The summed E-state index contributed by atoms with van der Waals surface area (Å²) in [6.07, 6.45) is 2.27. The van der Waals surface area contributed by atoms with Gasteiger partial charge in [0.2, 0.25) is 0 Å². The fraction of sp³-hybridized carbons (Fsp3) is 0.333. The van der Waals surface area contributed by atoms with Crippen LogP contribution in [-0.4, -0.2) is 31.3 Å². The van der Waals surface area contributed by atoms with Crippen molar-refractivity contribution in [3.8, 4) is 5.75 Å². The van der Waals surface area contributed by atoms with E-state index < -0.39 is 0 Å². The van der Waals surface area contributed by atoms with Crippen LogP contribution in [0.15, 0.2) is 48.5 Å². The summed E-state index contributed by atoms with van der Waals surface area (Å²) in [5.74, 6) is 0.437. The number of benzene rings is 2. The first-order valence-electron chi connectivity index (χ1n) is 9.10. The van der Waals surface area contributed by atoms with Crippen molar-refractivity contribution in [2.24, 2.45) is 0 Å². The van der Waals surface area contributed by atoms with Gasteiger partial charge >= 0.3 is 0 Å². The monoisotopic (exact) mass is 351 g/mol. The van der Waals surface area contributed by atoms with Crippen LogP contribution in [0.3, 0.4) is 0 Å². The van der Waals surface area contributed by atoms with Gasteiger partial charge in [0.25, 0.3) is 5.91 Å². The molecule has 0 radical (unpaired) electrons. The van der Waals surface area contributed by atoms with Crippen molar-refractivity contribution in [1.82, 2.24) is 5.32 Å². The molecule has 1 aliphatic rings. The van der Waals surface area contributed by atoms with E-state index in [0.29, 0.717) is 23.7 Å². The molecule has 0 bridgehead atoms. The Balaban J connectivity index is 1.82. The van der Waals surface area contributed by atoms with Crippen molar-refractivity contribution >= 4 is 17.3 Å². The molecule has 2 aromatic carbocycles.